The Labute approximate surface area is 232 Å². The molecule has 0 aromatic heterocycles. The van der Waals surface area contributed by atoms with Gasteiger partial charge in [0.15, 0.2) is 11.5 Å². The molecule has 2 aliphatic heterocycles. The molecule has 0 aliphatic carbocycles. The number of thioether (sulfide) groups is 1. The molecular formula is C25H24ClIN2O6S. The van der Waals surface area contributed by atoms with E-state index in [4.69, 9.17) is 25.8 Å². The Morgan fingerprint density at radius 3 is 2.58 bits per heavy atom. The van der Waals surface area contributed by atoms with Gasteiger partial charge >= 0.3 is 0 Å². The third-order valence-electron chi connectivity index (χ3n) is 5.46. The molecule has 2 heterocycles. The second-order valence-corrected chi connectivity index (χ2v) is 10.6. The monoisotopic (exact) mass is 642 g/mol. The van der Waals surface area contributed by atoms with Crippen molar-refractivity contribution >= 4 is 69.1 Å². The summed E-state index contributed by atoms with van der Waals surface area (Å²) in [6.45, 7) is 4.04. The molecule has 0 atom stereocenters. The zero-order valence-corrected chi connectivity index (χ0v) is 23.2. The van der Waals surface area contributed by atoms with Gasteiger partial charge in [-0.2, -0.15) is 0 Å². The Hall–Kier alpha value is -2.28. The average Bonchev–Trinajstić information content (AvgIpc) is 3.12. The summed E-state index contributed by atoms with van der Waals surface area (Å²) in [6.07, 6.45) is 1.57. The summed E-state index contributed by atoms with van der Waals surface area (Å²) in [5.41, 5.74) is 1.56. The standard InChI is InChI=1S/C25H24ClIN2O6S/c1-2-34-20-12-17(11-19(26)23(20)35-15-16-3-5-18(27)6-4-16)13-21-24(31)29(25(32)36-21)14-22(30)28-7-9-33-10-8-28/h3-6,11-13H,2,7-10,14-15H2,1H3/b21-13+. The van der Waals surface area contributed by atoms with E-state index in [0.717, 1.165) is 25.8 Å². The number of morpholine rings is 1. The molecular weight excluding hydrogens is 619 g/mol. The second kappa shape index (κ2) is 12.3. The van der Waals surface area contributed by atoms with E-state index in [1.807, 2.05) is 31.2 Å². The number of rotatable bonds is 8. The Morgan fingerprint density at radius 1 is 1.17 bits per heavy atom. The van der Waals surface area contributed by atoms with Gasteiger partial charge in [0, 0.05) is 16.7 Å². The van der Waals surface area contributed by atoms with Gasteiger partial charge in [-0.15, -0.1) is 0 Å². The summed E-state index contributed by atoms with van der Waals surface area (Å²) in [6, 6.07) is 11.3. The number of carbonyl (C=O) groups is 3. The van der Waals surface area contributed by atoms with E-state index in [1.165, 1.54) is 0 Å². The summed E-state index contributed by atoms with van der Waals surface area (Å²) in [4.78, 5) is 40.7. The molecule has 4 rings (SSSR count). The molecule has 11 heteroatoms. The molecule has 2 aromatic carbocycles. The Balaban J connectivity index is 1.50. The highest BCUT2D eigenvalue weighted by molar-refractivity contribution is 14.1. The minimum Gasteiger partial charge on any atom is -0.490 e. The predicted octanol–water partition coefficient (Wildman–Crippen LogP) is 4.82. The molecule has 190 valence electrons. The summed E-state index contributed by atoms with van der Waals surface area (Å²) in [5.74, 6) is 0.0415. The molecule has 0 unspecified atom stereocenters. The van der Waals surface area contributed by atoms with Crippen molar-refractivity contribution in [3.05, 3.63) is 61.0 Å². The van der Waals surface area contributed by atoms with Gasteiger partial charge in [-0.05, 0) is 82.7 Å². The molecule has 0 spiro atoms. The highest BCUT2D eigenvalue weighted by Crippen LogP contribution is 2.39. The van der Waals surface area contributed by atoms with E-state index in [-0.39, 0.29) is 17.4 Å². The van der Waals surface area contributed by atoms with Gasteiger partial charge in [0.2, 0.25) is 5.91 Å². The van der Waals surface area contributed by atoms with Crippen molar-refractivity contribution in [2.75, 3.05) is 39.5 Å². The van der Waals surface area contributed by atoms with Crippen LogP contribution in [0.1, 0.15) is 18.1 Å². The fraction of sp³-hybridized carbons (Fsp3) is 0.320. The normalized spacial score (nSPS) is 17.1. The van der Waals surface area contributed by atoms with Gasteiger partial charge in [0.05, 0.1) is 29.7 Å². The fourth-order valence-electron chi connectivity index (χ4n) is 3.65. The van der Waals surface area contributed by atoms with Crippen LogP contribution in [0.4, 0.5) is 4.79 Å². The van der Waals surface area contributed by atoms with Crippen LogP contribution in [0.5, 0.6) is 11.5 Å². The van der Waals surface area contributed by atoms with Crippen LogP contribution >= 0.6 is 46.0 Å². The Morgan fingerprint density at radius 2 is 1.89 bits per heavy atom. The summed E-state index contributed by atoms with van der Waals surface area (Å²) < 4.78 is 18.1. The quantitative estimate of drug-likeness (QED) is 0.302. The smallest absolute Gasteiger partial charge is 0.294 e. The SMILES string of the molecule is CCOc1cc(/C=C2/SC(=O)N(CC(=O)N3CCOCC3)C2=O)cc(Cl)c1OCc1ccc(I)cc1. The zero-order chi connectivity index (χ0) is 25.7. The van der Waals surface area contributed by atoms with E-state index in [0.29, 0.717) is 61.6 Å². The molecule has 0 saturated carbocycles. The average molecular weight is 643 g/mol. The van der Waals surface area contributed by atoms with Gasteiger partial charge in [-0.1, -0.05) is 23.7 Å². The summed E-state index contributed by atoms with van der Waals surface area (Å²) in [7, 11) is 0. The van der Waals surface area contributed by atoms with E-state index in [9.17, 15) is 14.4 Å². The van der Waals surface area contributed by atoms with Gasteiger partial charge in [-0.3, -0.25) is 19.3 Å². The molecule has 36 heavy (non-hydrogen) atoms. The minimum atomic E-state index is -0.514. The minimum absolute atomic E-state index is 0.209. The maximum atomic E-state index is 12.9. The van der Waals surface area contributed by atoms with Crippen molar-refractivity contribution in [3.8, 4) is 11.5 Å². The van der Waals surface area contributed by atoms with E-state index in [1.54, 1.807) is 23.1 Å². The first-order valence-corrected chi connectivity index (χ1v) is 13.6. The van der Waals surface area contributed by atoms with Crippen molar-refractivity contribution in [2.45, 2.75) is 13.5 Å². The van der Waals surface area contributed by atoms with Crippen molar-refractivity contribution < 1.29 is 28.6 Å². The van der Waals surface area contributed by atoms with E-state index in [2.05, 4.69) is 22.6 Å². The maximum Gasteiger partial charge on any atom is 0.294 e. The number of ether oxygens (including phenoxy) is 3. The van der Waals surface area contributed by atoms with Crippen LogP contribution < -0.4 is 9.47 Å². The van der Waals surface area contributed by atoms with Crippen LogP contribution in [0.3, 0.4) is 0 Å². The number of hydrogen-bond acceptors (Lipinski definition) is 7. The molecule has 0 bridgehead atoms. The van der Waals surface area contributed by atoms with Gasteiger partial charge < -0.3 is 19.1 Å². The predicted molar refractivity (Wildman–Crippen MR) is 146 cm³/mol. The van der Waals surface area contributed by atoms with Crippen LogP contribution in [0, 0.1) is 3.57 Å². The van der Waals surface area contributed by atoms with Crippen molar-refractivity contribution in [3.63, 3.8) is 0 Å². The number of carbonyl (C=O) groups excluding carboxylic acids is 3. The molecule has 3 amide bonds. The Bertz CT molecular complexity index is 1180. The third kappa shape index (κ3) is 6.53. The highest BCUT2D eigenvalue weighted by atomic mass is 127. The van der Waals surface area contributed by atoms with Crippen LogP contribution in [0.25, 0.3) is 6.08 Å². The van der Waals surface area contributed by atoms with Crippen LogP contribution in [0.2, 0.25) is 5.02 Å². The van der Waals surface area contributed by atoms with Gasteiger partial charge in [0.1, 0.15) is 13.2 Å². The molecule has 0 radical (unpaired) electrons. The number of nitrogens with zero attached hydrogens (tertiary/aromatic N) is 2. The zero-order valence-electron chi connectivity index (χ0n) is 19.5. The second-order valence-electron chi connectivity index (χ2n) is 7.94. The first-order valence-electron chi connectivity index (χ1n) is 11.3. The number of halogens is 2. The topological polar surface area (TPSA) is 85.4 Å². The van der Waals surface area contributed by atoms with Crippen LogP contribution in [-0.2, 0) is 20.9 Å². The van der Waals surface area contributed by atoms with Crippen LogP contribution in [-0.4, -0.2) is 66.3 Å². The summed E-state index contributed by atoms with van der Waals surface area (Å²) in [5, 5.41) is -0.166. The van der Waals surface area contributed by atoms with Gasteiger partial charge in [0.25, 0.3) is 11.1 Å². The number of hydrogen-bond donors (Lipinski definition) is 0. The lowest BCUT2D eigenvalue weighted by atomic mass is 10.1. The number of imide groups is 1. The molecule has 2 aliphatic rings. The van der Waals surface area contributed by atoms with E-state index >= 15 is 0 Å². The molecule has 8 nitrogen and oxygen atoms in total. The first-order chi connectivity index (χ1) is 17.4. The largest absolute Gasteiger partial charge is 0.490 e. The maximum absolute atomic E-state index is 12.9. The molecule has 2 fully saturated rings. The lowest BCUT2D eigenvalue weighted by Gasteiger charge is -2.28. The van der Waals surface area contributed by atoms with Crippen molar-refractivity contribution in [1.82, 2.24) is 9.80 Å². The summed E-state index contributed by atoms with van der Waals surface area (Å²) >= 11 is 9.56. The third-order valence-corrected chi connectivity index (χ3v) is 7.36. The van der Waals surface area contributed by atoms with Gasteiger partial charge in [-0.25, -0.2) is 0 Å². The fourth-order valence-corrected chi connectivity index (χ4v) is 5.12. The number of amides is 3. The van der Waals surface area contributed by atoms with Crippen molar-refractivity contribution in [2.24, 2.45) is 0 Å². The van der Waals surface area contributed by atoms with E-state index < -0.39 is 11.1 Å². The molecule has 2 saturated heterocycles. The Kier molecular flexibility index (Phi) is 9.15. The molecule has 0 N–H and O–H groups in total. The van der Waals surface area contributed by atoms with Crippen LogP contribution in [0.15, 0.2) is 41.3 Å². The van der Waals surface area contributed by atoms with Crippen molar-refractivity contribution in [1.29, 1.82) is 0 Å². The lowest BCUT2D eigenvalue weighted by Crippen LogP contribution is -2.46. The molecule has 2 aromatic rings. The first kappa shape index (κ1) is 26.8. The highest BCUT2D eigenvalue weighted by Gasteiger charge is 2.37. The number of benzene rings is 2. The lowest BCUT2D eigenvalue weighted by molar-refractivity contribution is -0.139.